The van der Waals surface area contributed by atoms with Crippen LogP contribution in [0.25, 0.3) is 6.08 Å². The van der Waals surface area contributed by atoms with Crippen LogP contribution < -0.4 is 18.9 Å². The number of esters is 1. The highest BCUT2D eigenvalue weighted by Gasteiger charge is 2.43. The summed E-state index contributed by atoms with van der Waals surface area (Å²) in [6.45, 7) is 2.31. The second kappa shape index (κ2) is 9.59. The minimum absolute atomic E-state index is 0.0333. The lowest BCUT2D eigenvalue weighted by molar-refractivity contribution is -0.132. The van der Waals surface area contributed by atoms with Gasteiger partial charge in [0.2, 0.25) is 5.91 Å². The normalized spacial score (nSPS) is 16.7. The second-order valence-corrected chi connectivity index (χ2v) is 8.41. The summed E-state index contributed by atoms with van der Waals surface area (Å²) in [5.74, 6) is 1.39. The number of carbonyl (C=O) groups is 3. The Labute approximate surface area is 198 Å². The molecule has 0 bridgehead atoms. The lowest BCUT2D eigenvalue weighted by Gasteiger charge is -2.43. The third-order valence-electron chi connectivity index (χ3n) is 6.14. The Hall–Kier alpha value is -3.81. The summed E-state index contributed by atoms with van der Waals surface area (Å²) in [6, 6.07) is 10.3. The fourth-order valence-corrected chi connectivity index (χ4v) is 4.31. The molecule has 2 aromatic carbocycles. The van der Waals surface area contributed by atoms with Gasteiger partial charge in [0.1, 0.15) is 17.1 Å². The number of benzene rings is 2. The fraction of sp³-hybridized carbons (Fsp3) is 0.346. The predicted molar refractivity (Wildman–Crippen MR) is 124 cm³/mol. The lowest BCUT2D eigenvalue weighted by atomic mass is 9.82. The molecule has 0 radical (unpaired) electrons. The van der Waals surface area contributed by atoms with Crippen LogP contribution in [0.4, 0.5) is 0 Å². The van der Waals surface area contributed by atoms with Crippen molar-refractivity contribution in [2.45, 2.75) is 31.8 Å². The summed E-state index contributed by atoms with van der Waals surface area (Å²) in [6.07, 6.45) is 4.65. The van der Waals surface area contributed by atoms with Gasteiger partial charge in [0, 0.05) is 38.9 Å². The maximum Gasteiger partial charge on any atom is 0.308 e. The SMILES string of the molecule is COc1ccc2c(c1)C(=O)CC1(CCN(C(=O)/C=C/c3ccc(OC(C)=O)c(OC)c3)CC1)O2. The van der Waals surface area contributed by atoms with Crippen LogP contribution in [-0.4, -0.2) is 55.5 Å². The number of ketones is 1. The van der Waals surface area contributed by atoms with Gasteiger partial charge in [-0.1, -0.05) is 6.07 Å². The molecule has 1 spiro atoms. The Morgan fingerprint density at radius 2 is 1.79 bits per heavy atom. The first-order valence-electron chi connectivity index (χ1n) is 11.1. The lowest BCUT2D eigenvalue weighted by Crippen LogP contribution is -2.52. The number of Topliss-reactive ketones (excluding diaryl/α,β-unsaturated/α-hetero) is 1. The number of hydrogen-bond donors (Lipinski definition) is 0. The second-order valence-electron chi connectivity index (χ2n) is 8.41. The maximum atomic E-state index is 12.8. The number of fused-ring (bicyclic) bond motifs is 1. The van der Waals surface area contributed by atoms with E-state index in [9.17, 15) is 14.4 Å². The molecule has 0 unspecified atom stereocenters. The molecule has 2 aliphatic heterocycles. The summed E-state index contributed by atoms with van der Waals surface area (Å²) in [7, 11) is 3.05. The zero-order chi connectivity index (χ0) is 24.3. The molecule has 2 heterocycles. The van der Waals surface area contributed by atoms with Crippen molar-refractivity contribution in [1.29, 1.82) is 0 Å². The molecular weight excluding hydrogens is 438 g/mol. The summed E-state index contributed by atoms with van der Waals surface area (Å²) < 4.78 is 21.8. The maximum absolute atomic E-state index is 12.8. The molecule has 34 heavy (non-hydrogen) atoms. The van der Waals surface area contributed by atoms with Crippen LogP contribution in [0.5, 0.6) is 23.0 Å². The van der Waals surface area contributed by atoms with Crippen LogP contribution in [-0.2, 0) is 9.59 Å². The number of methoxy groups -OCH3 is 2. The van der Waals surface area contributed by atoms with Crippen LogP contribution in [0.1, 0.15) is 42.1 Å². The van der Waals surface area contributed by atoms with E-state index in [2.05, 4.69) is 0 Å². The molecule has 0 saturated carbocycles. The van der Waals surface area contributed by atoms with Gasteiger partial charge in [-0.25, -0.2) is 0 Å². The quantitative estimate of drug-likeness (QED) is 0.378. The molecule has 0 atom stereocenters. The van der Waals surface area contributed by atoms with Crippen molar-refractivity contribution >= 4 is 23.7 Å². The number of hydrogen-bond acceptors (Lipinski definition) is 7. The molecule has 1 amide bonds. The van der Waals surface area contributed by atoms with Gasteiger partial charge in [0.15, 0.2) is 17.3 Å². The van der Waals surface area contributed by atoms with Crippen LogP contribution in [0.3, 0.4) is 0 Å². The van der Waals surface area contributed by atoms with Gasteiger partial charge >= 0.3 is 5.97 Å². The molecule has 0 aromatic heterocycles. The van der Waals surface area contributed by atoms with Gasteiger partial charge in [-0.15, -0.1) is 0 Å². The van der Waals surface area contributed by atoms with E-state index in [0.717, 1.165) is 5.56 Å². The highest BCUT2D eigenvalue weighted by atomic mass is 16.6. The Bertz CT molecular complexity index is 1150. The highest BCUT2D eigenvalue weighted by Crippen LogP contribution is 2.40. The molecule has 4 rings (SSSR count). The van der Waals surface area contributed by atoms with Gasteiger partial charge in [0.05, 0.1) is 26.2 Å². The van der Waals surface area contributed by atoms with Gasteiger partial charge in [-0.3, -0.25) is 14.4 Å². The minimum atomic E-state index is -0.584. The molecule has 1 saturated heterocycles. The molecule has 1 fully saturated rings. The topological polar surface area (TPSA) is 91.4 Å². The molecular formula is C26H27NO7. The predicted octanol–water partition coefficient (Wildman–Crippen LogP) is 3.67. The van der Waals surface area contributed by atoms with Gasteiger partial charge in [0.25, 0.3) is 0 Å². The van der Waals surface area contributed by atoms with Crippen molar-refractivity contribution in [2.75, 3.05) is 27.3 Å². The first-order valence-corrected chi connectivity index (χ1v) is 11.1. The van der Waals surface area contributed by atoms with E-state index in [0.29, 0.717) is 60.9 Å². The van der Waals surface area contributed by atoms with Gasteiger partial charge in [-0.2, -0.15) is 0 Å². The van der Waals surface area contributed by atoms with Crippen molar-refractivity contribution < 1.29 is 33.3 Å². The summed E-state index contributed by atoms with van der Waals surface area (Å²) in [4.78, 5) is 38.5. The van der Waals surface area contributed by atoms with Crippen LogP contribution >= 0.6 is 0 Å². The Morgan fingerprint density at radius 3 is 2.47 bits per heavy atom. The van der Waals surface area contributed by atoms with E-state index < -0.39 is 11.6 Å². The van der Waals surface area contributed by atoms with Crippen molar-refractivity contribution in [3.8, 4) is 23.0 Å². The van der Waals surface area contributed by atoms with E-state index in [1.165, 1.54) is 20.1 Å². The molecule has 2 aliphatic rings. The van der Waals surface area contributed by atoms with Crippen molar-refractivity contribution in [3.63, 3.8) is 0 Å². The number of carbonyl (C=O) groups excluding carboxylic acids is 3. The smallest absolute Gasteiger partial charge is 0.308 e. The third kappa shape index (κ3) is 4.90. The number of amides is 1. The van der Waals surface area contributed by atoms with Crippen LogP contribution in [0.2, 0.25) is 0 Å². The average Bonchev–Trinajstić information content (AvgIpc) is 2.83. The summed E-state index contributed by atoms with van der Waals surface area (Å²) in [5.41, 5.74) is 0.698. The molecule has 2 aromatic rings. The average molecular weight is 466 g/mol. The van der Waals surface area contributed by atoms with Crippen molar-refractivity contribution in [3.05, 3.63) is 53.6 Å². The molecule has 8 heteroatoms. The third-order valence-corrected chi connectivity index (χ3v) is 6.14. The number of ether oxygens (including phenoxy) is 4. The monoisotopic (exact) mass is 465 g/mol. The zero-order valence-corrected chi connectivity index (χ0v) is 19.5. The minimum Gasteiger partial charge on any atom is -0.497 e. The first kappa shape index (κ1) is 23.4. The molecule has 0 aliphatic carbocycles. The number of piperidine rings is 1. The standard InChI is InChI=1S/C26H27NO7/c1-17(28)33-23-7-4-18(14-24(23)32-3)5-9-25(30)27-12-10-26(11-13-27)16-21(29)20-15-19(31-2)6-8-22(20)34-26/h4-9,14-15H,10-13,16H2,1-3H3/b9-5+. The number of rotatable bonds is 5. The molecule has 0 N–H and O–H groups in total. The Balaban J connectivity index is 1.39. The summed E-state index contributed by atoms with van der Waals surface area (Å²) in [5, 5.41) is 0. The van der Waals surface area contributed by atoms with Crippen molar-refractivity contribution in [1.82, 2.24) is 4.90 Å². The Morgan fingerprint density at radius 1 is 1.03 bits per heavy atom. The van der Waals surface area contributed by atoms with E-state index in [1.54, 1.807) is 54.5 Å². The highest BCUT2D eigenvalue weighted by molar-refractivity contribution is 6.00. The van der Waals surface area contributed by atoms with Crippen LogP contribution in [0.15, 0.2) is 42.5 Å². The van der Waals surface area contributed by atoms with E-state index in [1.807, 2.05) is 0 Å². The van der Waals surface area contributed by atoms with E-state index in [4.69, 9.17) is 18.9 Å². The largest absolute Gasteiger partial charge is 0.497 e. The van der Waals surface area contributed by atoms with Crippen LogP contribution in [0, 0.1) is 0 Å². The van der Waals surface area contributed by atoms with Gasteiger partial charge in [-0.05, 0) is 42.0 Å². The number of likely N-dealkylation sites (tertiary alicyclic amines) is 1. The fourth-order valence-electron chi connectivity index (χ4n) is 4.31. The van der Waals surface area contributed by atoms with Gasteiger partial charge < -0.3 is 23.8 Å². The molecule has 8 nitrogen and oxygen atoms in total. The van der Waals surface area contributed by atoms with Crippen molar-refractivity contribution in [2.24, 2.45) is 0 Å². The number of nitrogens with zero attached hydrogens (tertiary/aromatic N) is 1. The Kier molecular flexibility index (Phi) is 6.58. The molecule has 178 valence electrons. The first-order chi connectivity index (χ1) is 16.3. The summed E-state index contributed by atoms with van der Waals surface area (Å²) >= 11 is 0. The van der Waals surface area contributed by atoms with E-state index in [-0.39, 0.29) is 11.7 Å². The zero-order valence-electron chi connectivity index (χ0n) is 19.5. The van der Waals surface area contributed by atoms with E-state index >= 15 is 0 Å².